The first-order valence-corrected chi connectivity index (χ1v) is 9.48. The van der Waals surface area contributed by atoms with Crippen LogP contribution in [0.25, 0.3) is 0 Å². The van der Waals surface area contributed by atoms with E-state index in [2.05, 4.69) is 16.2 Å². The number of amides is 1. The van der Waals surface area contributed by atoms with Crippen molar-refractivity contribution < 1.29 is 14.3 Å². The molecule has 2 aromatic carbocycles. The van der Waals surface area contributed by atoms with Gasteiger partial charge >= 0.3 is 0 Å². The van der Waals surface area contributed by atoms with E-state index in [0.717, 1.165) is 22.4 Å². The molecule has 28 heavy (non-hydrogen) atoms. The van der Waals surface area contributed by atoms with Crippen molar-refractivity contribution >= 4 is 34.8 Å². The molecule has 1 atom stereocenters. The maximum Gasteiger partial charge on any atom is 0.279 e. The number of halogens is 1. The van der Waals surface area contributed by atoms with Crippen LogP contribution < -0.4 is 25.6 Å². The Morgan fingerprint density at radius 3 is 2.32 bits per heavy atom. The van der Waals surface area contributed by atoms with Gasteiger partial charge < -0.3 is 14.8 Å². The predicted molar refractivity (Wildman–Crippen MR) is 115 cm³/mol. The van der Waals surface area contributed by atoms with Crippen molar-refractivity contribution in [2.75, 3.05) is 7.11 Å². The van der Waals surface area contributed by atoms with Crippen molar-refractivity contribution in [3.63, 3.8) is 0 Å². The van der Waals surface area contributed by atoms with Gasteiger partial charge in [0.25, 0.3) is 5.91 Å². The summed E-state index contributed by atoms with van der Waals surface area (Å²) in [6, 6.07) is 11.2. The summed E-state index contributed by atoms with van der Waals surface area (Å²) in [5.41, 5.74) is 7.99. The normalized spacial score (nSPS) is 11.3. The number of carbonyl (C=O) groups is 1. The number of nitrogens with one attached hydrogen (secondary N) is 3. The van der Waals surface area contributed by atoms with Gasteiger partial charge in [-0.3, -0.25) is 15.6 Å². The van der Waals surface area contributed by atoms with E-state index in [1.54, 1.807) is 26.2 Å². The Labute approximate surface area is 175 Å². The lowest BCUT2D eigenvalue weighted by Gasteiger charge is -2.19. The largest absolute Gasteiger partial charge is 0.497 e. The van der Waals surface area contributed by atoms with Crippen LogP contribution in [0.15, 0.2) is 36.4 Å². The van der Waals surface area contributed by atoms with Crippen LogP contribution >= 0.6 is 23.8 Å². The summed E-state index contributed by atoms with van der Waals surface area (Å²) in [6.07, 6.45) is -0.713. The number of carbonyl (C=O) groups excluding carboxylic acids is 1. The van der Waals surface area contributed by atoms with E-state index in [0.29, 0.717) is 22.4 Å². The van der Waals surface area contributed by atoms with Gasteiger partial charge in [-0.15, -0.1) is 0 Å². The third-order valence-corrected chi connectivity index (χ3v) is 4.46. The molecule has 2 rings (SSSR count). The molecule has 0 unspecified atom stereocenters. The second-order valence-electron chi connectivity index (χ2n) is 6.27. The van der Waals surface area contributed by atoms with Crippen molar-refractivity contribution in [1.82, 2.24) is 16.2 Å². The standard InChI is InChI=1S/C20H24ClN3O3S/c1-12-9-16(21)10-13(2)18(12)27-14(3)19(25)23-24-20(28)22-11-15-5-7-17(26-4)8-6-15/h5-10,14H,11H2,1-4H3,(H,23,25)(H2,22,24,28)/t14-/m0/s1. The molecule has 1 amide bonds. The van der Waals surface area contributed by atoms with E-state index in [1.807, 2.05) is 38.1 Å². The number of thiocarbonyl (C=S) groups is 1. The van der Waals surface area contributed by atoms with Gasteiger partial charge in [-0.25, -0.2) is 0 Å². The van der Waals surface area contributed by atoms with Crippen LogP contribution in [0, 0.1) is 13.8 Å². The highest BCUT2D eigenvalue weighted by molar-refractivity contribution is 7.80. The summed E-state index contributed by atoms with van der Waals surface area (Å²) in [4.78, 5) is 12.3. The zero-order valence-corrected chi connectivity index (χ0v) is 17.8. The van der Waals surface area contributed by atoms with Crippen LogP contribution in [-0.2, 0) is 11.3 Å². The summed E-state index contributed by atoms with van der Waals surface area (Å²) in [5, 5.41) is 3.95. The van der Waals surface area contributed by atoms with Crippen molar-refractivity contribution in [2.45, 2.75) is 33.4 Å². The monoisotopic (exact) mass is 421 g/mol. The third kappa shape index (κ3) is 6.28. The molecule has 150 valence electrons. The number of ether oxygens (including phenoxy) is 2. The summed E-state index contributed by atoms with van der Waals surface area (Å²) < 4.78 is 10.9. The number of rotatable bonds is 6. The van der Waals surface area contributed by atoms with Gasteiger partial charge in [0.2, 0.25) is 0 Å². The maximum absolute atomic E-state index is 12.3. The highest BCUT2D eigenvalue weighted by atomic mass is 35.5. The highest BCUT2D eigenvalue weighted by Gasteiger charge is 2.17. The smallest absolute Gasteiger partial charge is 0.279 e. The van der Waals surface area contributed by atoms with E-state index in [1.165, 1.54) is 0 Å². The van der Waals surface area contributed by atoms with E-state index in [-0.39, 0.29) is 5.91 Å². The minimum absolute atomic E-state index is 0.301. The van der Waals surface area contributed by atoms with Gasteiger partial charge in [0.05, 0.1) is 7.11 Å². The maximum atomic E-state index is 12.3. The van der Waals surface area contributed by atoms with Crippen molar-refractivity contribution in [1.29, 1.82) is 0 Å². The molecule has 6 nitrogen and oxygen atoms in total. The van der Waals surface area contributed by atoms with Gasteiger partial charge in [-0.1, -0.05) is 23.7 Å². The van der Waals surface area contributed by atoms with Crippen molar-refractivity contribution in [3.05, 3.63) is 58.1 Å². The molecule has 0 fully saturated rings. The van der Waals surface area contributed by atoms with Crippen LogP contribution in [-0.4, -0.2) is 24.2 Å². The molecule has 0 spiro atoms. The first kappa shape index (κ1) is 21.8. The Balaban J connectivity index is 1.79. The summed E-state index contributed by atoms with van der Waals surface area (Å²) in [6.45, 7) is 5.95. The minimum atomic E-state index is -0.713. The molecule has 0 radical (unpaired) electrons. The third-order valence-electron chi connectivity index (χ3n) is 4.00. The first-order valence-electron chi connectivity index (χ1n) is 8.70. The second-order valence-corrected chi connectivity index (χ2v) is 7.12. The van der Waals surface area contributed by atoms with Gasteiger partial charge in [0.15, 0.2) is 11.2 Å². The number of hydrogen-bond acceptors (Lipinski definition) is 4. The zero-order chi connectivity index (χ0) is 20.7. The molecule has 0 saturated carbocycles. The molecule has 0 heterocycles. The lowest BCUT2D eigenvalue weighted by Crippen LogP contribution is -2.50. The first-order chi connectivity index (χ1) is 13.3. The Hall–Kier alpha value is -2.51. The van der Waals surface area contributed by atoms with Crippen LogP contribution in [0.1, 0.15) is 23.6 Å². The fourth-order valence-corrected chi connectivity index (χ4v) is 2.95. The number of methoxy groups -OCH3 is 1. The Kier molecular flexibility index (Phi) is 7.90. The Morgan fingerprint density at radius 2 is 1.75 bits per heavy atom. The van der Waals surface area contributed by atoms with Gasteiger partial charge in [-0.2, -0.15) is 0 Å². The molecule has 3 N–H and O–H groups in total. The predicted octanol–water partition coefficient (Wildman–Crippen LogP) is 3.43. The number of hydrazine groups is 1. The number of aryl methyl sites for hydroxylation is 2. The van der Waals surface area contributed by atoms with Crippen LogP contribution in [0.2, 0.25) is 5.02 Å². The van der Waals surface area contributed by atoms with Crippen LogP contribution in [0.3, 0.4) is 0 Å². The topological polar surface area (TPSA) is 71.6 Å². The highest BCUT2D eigenvalue weighted by Crippen LogP contribution is 2.27. The number of benzene rings is 2. The van der Waals surface area contributed by atoms with Gasteiger partial charge in [0.1, 0.15) is 11.5 Å². The number of hydrogen-bond donors (Lipinski definition) is 3. The molecule has 0 aliphatic carbocycles. The second kappa shape index (κ2) is 10.1. The molecule has 0 aliphatic heterocycles. The lowest BCUT2D eigenvalue weighted by atomic mass is 10.1. The summed E-state index contributed by atoms with van der Waals surface area (Å²) >= 11 is 11.2. The molecule has 8 heteroatoms. The van der Waals surface area contributed by atoms with Crippen LogP contribution in [0.4, 0.5) is 0 Å². The molecule has 0 aliphatic rings. The van der Waals surface area contributed by atoms with Crippen molar-refractivity contribution in [2.24, 2.45) is 0 Å². The van der Waals surface area contributed by atoms with Gasteiger partial charge in [0, 0.05) is 11.6 Å². The average Bonchev–Trinajstić information content (AvgIpc) is 2.67. The zero-order valence-electron chi connectivity index (χ0n) is 16.3. The van der Waals surface area contributed by atoms with Crippen molar-refractivity contribution in [3.8, 4) is 11.5 Å². The fraction of sp³-hybridized carbons (Fsp3) is 0.300. The fourth-order valence-electron chi connectivity index (χ4n) is 2.50. The Bertz CT molecular complexity index is 820. The SMILES string of the molecule is COc1ccc(CNC(=S)NNC(=O)[C@H](C)Oc2c(C)cc(Cl)cc2C)cc1. The quantitative estimate of drug-likeness (QED) is 0.490. The molecular formula is C20H24ClN3O3S. The lowest BCUT2D eigenvalue weighted by molar-refractivity contribution is -0.127. The summed E-state index contributed by atoms with van der Waals surface area (Å²) in [7, 11) is 1.62. The molecule has 0 bridgehead atoms. The van der Waals surface area contributed by atoms with Crippen LogP contribution in [0.5, 0.6) is 11.5 Å². The van der Waals surface area contributed by atoms with E-state index >= 15 is 0 Å². The molecule has 2 aromatic rings. The van der Waals surface area contributed by atoms with E-state index in [9.17, 15) is 4.79 Å². The molecular weight excluding hydrogens is 398 g/mol. The molecule has 0 saturated heterocycles. The summed E-state index contributed by atoms with van der Waals surface area (Å²) in [5.74, 6) is 1.09. The van der Waals surface area contributed by atoms with E-state index < -0.39 is 6.10 Å². The van der Waals surface area contributed by atoms with E-state index in [4.69, 9.17) is 33.3 Å². The average molecular weight is 422 g/mol. The molecule has 0 aromatic heterocycles. The minimum Gasteiger partial charge on any atom is -0.497 e. The Morgan fingerprint density at radius 1 is 1.14 bits per heavy atom. The van der Waals surface area contributed by atoms with Gasteiger partial charge in [-0.05, 0) is 73.9 Å².